The van der Waals surface area contributed by atoms with E-state index in [0.717, 1.165) is 48.3 Å². The van der Waals surface area contributed by atoms with Gasteiger partial charge >= 0.3 is 0 Å². The average molecular weight is 392 g/mol. The molecule has 0 aromatic heterocycles. The van der Waals surface area contributed by atoms with Crippen LogP contribution in [0.15, 0.2) is 36.4 Å². The zero-order chi connectivity index (χ0) is 20.4. The highest BCUT2D eigenvalue weighted by Crippen LogP contribution is 2.35. The largest absolute Gasteiger partial charge is 0.493 e. The highest BCUT2D eigenvalue weighted by molar-refractivity contribution is 6.34. The van der Waals surface area contributed by atoms with Crippen molar-refractivity contribution < 1.29 is 19.1 Å². The molecule has 150 valence electrons. The van der Waals surface area contributed by atoms with Gasteiger partial charge in [-0.05, 0) is 55.7 Å². The Balaban J connectivity index is 1.54. The maximum atomic E-state index is 12.4. The number of fused-ring (bicyclic) bond motifs is 1. The number of hydrogen-bond donors (Lipinski definition) is 1. The minimum absolute atomic E-state index is 0.00808. The first-order chi connectivity index (χ1) is 14.0. The number of carbonyl (C=O) groups excluding carboxylic acids is 2. The summed E-state index contributed by atoms with van der Waals surface area (Å²) < 4.78 is 11.1. The van der Waals surface area contributed by atoms with Crippen molar-refractivity contribution in [2.24, 2.45) is 0 Å². The Morgan fingerprint density at radius 1 is 1.14 bits per heavy atom. The van der Waals surface area contributed by atoms with E-state index in [2.05, 4.69) is 5.32 Å². The van der Waals surface area contributed by atoms with Gasteiger partial charge < -0.3 is 19.7 Å². The van der Waals surface area contributed by atoms with Crippen molar-refractivity contribution in [3.05, 3.63) is 53.1 Å². The first-order valence-electron chi connectivity index (χ1n) is 9.78. The molecule has 0 bridgehead atoms. The number of anilines is 1. The lowest BCUT2D eigenvalue weighted by atomic mass is 10.0. The number of carbonyl (C=O) groups is 2. The van der Waals surface area contributed by atoms with E-state index in [1.807, 2.05) is 48.2 Å². The molecule has 1 saturated heterocycles. The number of amides is 2. The molecule has 0 aliphatic carbocycles. The summed E-state index contributed by atoms with van der Waals surface area (Å²) in [5.41, 5.74) is 4.24. The van der Waals surface area contributed by atoms with E-state index in [0.29, 0.717) is 17.1 Å². The van der Waals surface area contributed by atoms with Crippen LogP contribution in [0.5, 0.6) is 11.5 Å². The normalized spacial score (nSPS) is 16.7. The second-order valence-corrected chi connectivity index (χ2v) is 7.35. The summed E-state index contributed by atoms with van der Waals surface area (Å²) >= 11 is 0. The SMILES string of the molecule is COc1cc(/C=C2\C(=O)Nc3ccc(C)cc32)ccc1OCC(=O)N1CCCC1. The predicted molar refractivity (Wildman–Crippen MR) is 112 cm³/mol. The third-order valence-electron chi connectivity index (χ3n) is 5.27. The molecule has 2 amide bonds. The lowest BCUT2D eigenvalue weighted by Crippen LogP contribution is -2.32. The summed E-state index contributed by atoms with van der Waals surface area (Å²) in [5, 5.41) is 2.89. The molecular formula is C23H24N2O4. The Bertz CT molecular complexity index is 990. The molecule has 2 heterocycles. The predicted octanol–water partition coefficient (Wildman–Crippen LogP) is 3.50. The number of hydrogen-bond acceptors (Lipinski definition) is 4. The second kappa shape index (κ2) is 7.99. The first-order valence-corrected chi connectivity index (χ1v) is 9.78. The summed E-state index contributed by atoms with van der Waals surface area (Å²) in [6.07, 6.45) is 3.94. The van der Waals surface area contributed by atoms with Crippen molar-refractivity contribution in [2.75, 3.05) is 32.1 Å². The van der Waals surface area contributed by atoms with Crippen molar-refractivity contribution in [3.8, 4) is 11.5 Å². The molecule has 1 N–H and O–H groups in total. The molecule has 0 unspecified atom stereocenters. The minimum Gasteiger partial charge on any atom is -0.493 e. The zero-order valence-electron chi connectivity index (χ0n) is 16.7. The van der Waals surface area contributed by atoms with Crippen molar-refractivity contribution in [2.45, 2.75) is 19.8 Å². The fraction of sp³-hybridized carbons (Fsp3) is 0.304. The van der Waals surface area contributed by atoms with Gasteiger partial charge in [0.2, 0.25) is 0 Å². The smallest absolute Gasteiger partial charge is 0.260 e. The molecule has 6 heteroatoms. The van der Waals surface area contributed by atoms with Gasteiger partial charge in [-0.2, -0.15) is 0 Å². The molecule has 2 aromatic carbocycles. The van der Waals surface area contributed by atoms with Crippen LogP contribution in [0.4, 0.5) is 5.69 Å². The van der Waals surface area contributed by atoms with Crippen molar-refractivity contribution >= 4 is 29.2 Å². The summed E-state index contributed by atoms with van der Waals surface area (Å²) in [5.74, 6) is 0.900. The molecule has 2 aromatic rings. The van der Waals surface area contributed by atoms with E-state index >= 15 is 0 Å². The molecule has 1 fully saturated rings. The van der Waals surface area contributed by atoms with Crippen LogP contribution in [-0.2, 0) is 9.59 Å². The number of benzene rings is 2. The third-order valence-corrected chi connectivity index (χ3v) is 5.27. The quantitative estimate of drug-likeness (QED) is 0.791. The molecular weight excluding hydrogens is 368 g/mol. The Morgan fingerprint density at radius 3 is 2.69 bits per heavy atom. The molecule has 0 atom stereocenters. The molecule has 6 nitrogen and oxygen atoms in total. The van der Waals surface area contributed by atoms with Gasteiger partial charge in [-0.15, -0.1) is 0 Å². The fourth-order valence-electron chi connectivity index (χ4n) is 3.70. The Hall–Kier alpha value is -3.28. The molecule has 0 radical (unpaired) electrons. The average Bonchev–Trinajstić information content (AvgIpc) is 3.36. The number of methoxy groups -OCH3 is 1. The number of likely N-dealkylation sites (tertiary alicyclic amines) is 1. The number of aryl methyl sites for hydroxylation is 1. The third kappa shape index (κ3) is 3.97. The van der Waals surface area contributed by atoms with Gasteiger partial charge in [0.05, 0.1) is 7.11 Å². The zero-order valence-corrected chi connectivity index (χ0v) is 16.7. The lowest BCUT2D eigenvalue weighted by molar-refractivity contribution is -0.132. The number of nitrogens with one attached hydrogen (secondary N) is 1. The van der Waals surface area contributed by atoms with Crippen LogP contribution < -0.4 is 14.8 Å². The Labute approximate surface area is 170 Å². The Morgan fingerprint density at radius 2 is 1.93 bits per heavy atom. The van der Waals surface area contributed by atoms with E-state index < -0.39 is 0 Å². The van der Waals surface area contributed by atoms with Crippen LogP contribution in [0, 0.1) is 6.92 Å². The minimum atomic E-state index is -0.124. The highest BCUT2D eigenvalue weighted by atomic mass is 16.5. The maximum absolute atomic E-state index is 12.4. The number of nitrogens with zero attached hydrogens (tertiary/aromatic N) is 1. The second-order valence-electron chi connectivity index (χ2n) is 7.35. The molecule has 2 aliphatic heterocycles. The summed E-state index contributed by atoms with van der Waals surface area (Å²) in [6, 6.07) is 11.3. The van der Waals surface area contributed by atoms with Crippen LogP contribution in [-0.4, -0.2) is 43.5 Å². The van der Waals surface area contributed by atoms with Gasteiger partial charge in [0.25, 0.3) is 11.8 Å². The number of rotatable bonds is 5. The van der Waals surface area contributed by atoms with E-state index in [1.165, 1.54) is 0 Å². The lowest BCUT2D eigenvalue weighted by Gasteiger charge is -2.16. The van der Waals surface area contributed by atoms with E-state index in [-0.39, 0.29) is 18.4 Å². The first kappa shape index (κ1) is 19.1. The van der Waals surface area contributed by atoms with E-state index in [4.69, 9.17) is 9.47 Å². The summed E-state index contributed by atoms with van der Waals surface area (Å²) in [7, 11) is 1.56. The van der Waals surface area contributed by atoms with Crippen LogP contribution in [0.1, 0.15) is 29.5 Å². The monoisotopic (exact) mass is 392 g/mol. The van der Waals surface area contributed by atoms with Crippen molar-refractivity contribution in [1.29, 1.82) is 0 Å². The molecule has 0 spiro atoms. The van der Waals surface area contributed by atoms with Crippen LogP contribution in [0.2, 0.25) is 0 Å². The highest BCUT2D eigenvalue weighted by Gasteiger charge is 2.24. The van der Waals surface area contributed by atoms with Crippen molar-refractivity contribution in [1.82, 2.24) is 4.90 Å². The molecule has 4 rings (SSSR count). The number of ether oxygens (including phenoxy) is 2. The molecule has 2 aliphatic rings. The fourth-order valence-corrected chi connectivity index (χ4v) is 3.70. The van der Waals surface area contributed by atoms with Gasteiger partial charge in [0.15, 0.2) is 18.1 Å². The topological polar surface area (TPSA) is 67.9 Å². The van der Waals surface area contributed by atoms with Gasteiger partial charge in [-0.3, -0.25) is 9.59 Å². The standard InChI is InChI=1S/C23H24N2O4/c1-15-5-7-19-17(11-15)18(23(27)24-19)12-16-6-8-20(21(13-16)28-2)29-14-22(26)25-9-3-4-10-25/h5-8,11-13H,3-4,9-10,14H2,1-2H3,(H,24,27)/b18-12-. The van der Waals surface area contributed by atoms with Gasteiger partial charge in [0, 0.05) is 29.9 Å². The van der Waals surface area contributed by atoms with Crippen LogP contribution >= 0.6 is 0 Å². The van der Waals surface area contributed by atoms with Gasteiger partial charge in [-0.25, -0.2) is 0 Å². The van der Waals surface area contributed by atoms with Crippen LogP contribution in [0.3, 0.4) is 0 Å². The maximum Gasteiger partial charge on any atom is 0.260 e. The van der Waals surface area contributed by atoms with Crippen LogP contribution in [0.25, 0.3) is 11.6 Å². The molecule has 29 heavy (non-hydrogen) atoms. The summed E-state index contributed by atoms with van der Waals surface area (Å²) in [6.45, 7) is 3.59. The van der Waals surface area contributed by atoms with Crippen molar-refractivity contribution in [3.63, 3.8) is 0 Å². The Kier molecular flexibility index (Phi) is 5.25. The van der Waals surface area contributed by atoms with Gasteiger partial charge in [0.1, 0.15) is 0 Å². The van der Waals surface area contributed by atoms with Gasteiger partial charge in [-0.1, -0.05) is 17.7 Å². The van der Waals surface area contributed by atoms with E-state index in [1.54, 1.807) is 13.2 Å². The van der Waals surface area contributed by atoms with E-state index in [9.17, 15) is 9.59 Å². The summed E-state index contributed by atoms with van der Waals surface area (Å²) in [4.78, 5) is 26.4. The molecule has 0 saturated carbocycles.